The van der Waals surface area contributed by atoms with Gasteiger partial charge in [0.05, 0.1) is 11.1 Å². The van der Waals surface area contributed by atoms with Crippen LogP contribution in [0.2, 0.25) is 0 Å². The molecular weight excluding hydrogens is 356 g/mol. The van der Waals surface area contributed by atoms with Gasteiger partial charge in [-0.05, 0) is 12.5 Å². The number of aromatic nitrogens is 2. The van der Waals surface area contributed by atoms with Crippen molar-refractivity contribution in [2.24, 2.45) is 5.10 Å². The van der Waals surface area contributed by atoms with E-state index in [0.717, 1.165) is 11.1 Å². The fourth-order valence-corrected chi connectivity index (χ4v) is 4.75. The van der Waals surface area contributed by atoms with Crippen molar-refractivity contribution in [1.82, 2.24) is 15.0 Å². The first-order valence-corrected chi connectivity index (χ1v) is 9.39. The Morgan fingerprint density at radius 2 is 2.04 bits per heavy atom. The van der Waals surface area contributed by atoms with E-state index in [1.807, 2.05) is 35.7 Å². The number of amides is 1. The third-order valence-corrected chi connectivity index (χ3v) is 6.12. The Balaban J connectivity index is 1.92. The van der Waals surface area contributed by atoms with Gasteiger partial charge in [0.1, 0.15) is 10.1 Å². The molecule has 0 unspecified atom stereocenters. The second-order valence-electron chi connectivity index (χ2n) is 5.56. The number of nitrogens with zero attached hydrogens (tertiary/aromatic N) is 3. The normalized spacial score (nSPS) is 16.4. The summed E-state index contributed by atoms with van der Waals surface area (Å²) in [6.07, 6.45) is 0. The fraction of sp³-hybridized carbons (Fsp3) is 0.176. The molecule has 3 heterocycles. The van der Waals surface area contributed by atoms with E-state index >= 15 is 0 Å². The molecule has 1 aliphatic rings. The molecule has 6 nitrogen and oxygen atoms in total. The van der Waals surface area contributed by atoms with Gasteiger partial charge in [-0.25, -0.2) is 4.98 Å². The van der Waals surface area contributed by atoms with Crippen LogP contribution in [-0.2, 0) is 4.79 Å². The van der Waals surface area contributed by atoms with Crippen LogP contribution in [0.1, 0.15) is 6.92 Å². The molecule has 1 amide bonds. The van der Waals surface area contributed by atoms with Crippen LogP contribution in [0.25, 0.3) is 21.3 Å². The molecule has 0 fully saturated rings. The number of fused-ring (bicyclic) bond motifs is 2. The zero-order chi connectivity index (χ0) is 17.6. The second-order valence-corrected chi connectivity index (χ2v) is 7.49. The highest BCUT2D eigenvalue weighted by molar-refractivity contribution is 8.01. The highest BCUT2D eigenvalue weighted by Crippen LogP contribution is 2.34. The van der Waals surface area contributed by atoms with E-state index in [-0.39, 0.29) is 11.5 Å². The van der Waals surface area contributed by atoms with Crippen molar-refractivity contribution < 1.29 is 4.79 Å². The van der Waals surface area contributed by atoms with E-state index in [9.17, 15) is 9.59 Å². The minimum atomic E-state index is -0.470. The highest BCUT2D eigenvalue weighted by atomic mass is 32.2. The summed E-state index contributed by atoms with van der Waals surface area (Å²) in [6.45, 7) is 1.75. The molecule has 25 heavy (non-hydrogen) atoms. The first kappa shape index (κ1) is 16.0. The van der Waals surface area contributed by atoms with Crippen LogP contribution in [0, 0.1) is 0 Å². The van der Waals surface area contributed by atoms with Crippen LogP contribution in [0.5, 0.6) is 0 Å². The SMILES string of the molecule is CNC(=O)[C@@H]1Sc2nc3scc(-c4ccccc4)c3c(=O)n2N=C1C. The van der Waals surface area contributed by atoms with E-state index < -0.39 is 5.25 Å². The number of hydrogen-bond acceptors (Lipinski definition) is 6. The lowest BCUT2D eigenvalue weighted by Gasteiger charge is -2.20. The number of thioether (sulfide) groups is 1. The van der Waals surface area contributed by atoms with Crippen molar-refractivity contribution in [3.8, 4) is 11.1 Å². The fourth-order valence-electron chi connectivity index (χ4n) is 2.73. The summed E-state index contributed by atoms with van der Waals surface area (Å²) in [5.74, 6) is -0.150. The van der Waals surface area contributed by atoms with Gasteiger partial charge < -0.3 is 5.32 Å². The molecule has 3 aromatic rings. The van der Waals surface area contributed by atoms with Crippen molar-refractivity contribution in [3.05, 3.63) is 46.1 Å². The van der Waals surface area contributed by atoms with Crippen molar-refractivity contribution in [3.63, 3.8) is 0 Å². The minimum Gasteiger partial charge on any atom is -0.358 e. The van der Waals surface area contributed by atoms with Crippen molar-refractivity contribution >= 4 is 44.9 Å². The predicted octanol–water partition coefficient (Wildman–Crippen LogP) is 2.57. The largest absolute Gasteiger partial charge is 0.358 e. The maximum absolute atomic E-state index is 13.0. The highest BCUT2D eigenvalue weighted by Gasteiger charge is 2.30. The average Bonchev–Trinajstić information content (AvgIpc) is 3.06. The number of carbonyl (C=O) groups is 1. The smallest absolute Gasteiger partial charge is 0.284 e. The summed E-state index contributed by atoms with van der Waals surface area (Å²) in [5.41, 5.74) is 2.21. The standard InChI is InChI=1S/C17H14N4O2S2/c1-9-13(14(22)18-2)25-17-19-15-12(16(23)21(17)20-9)11(8-24-15)10-6-4-3-5-7-10/h3-8,13H,1-2H3,(H,18,22)/t13-/m1/s1. The topological polar surface area (TPSA) is 76.3 Å². The van der Waals surface area contributed by atoms with E-state index in [1.54, 1.807) is 14.0 Å². The number of nitrogens with one attached hydrogen (secondary N) is 1. The van der Waals surface area contributed by atoms with Gasteiger partial charge in [0, 0.05) is 18.0 Å². The van der Waals surface area contributed by atoms with Crippen LogP contribution in [0.15, 0.2) is 50.8 Å². The van der Waals surface area contributed by atoms with Gasteiger partial charge in [-0.15, -0.1) is 11.3 Å². The summed E-state index contributed by atoms with van der Waals surface area (Å²) in [6, 6.07) is 9.75. The number of carbonyl (C=O) groups excluding carboxylic acids is 1. The molecule has 126 valence electrons. The Morgan fingerprint density at radius 1 is 1.28 bits per heavy atom. The van der Waals surface area contributed by atoms with Crippen LogP contribution >= 0.6 is 23.1 Å². The number of hydrogen-bond donors (Lipinski definition) is 1. The number of benzene rings is 1. The molecule has 0 saturated heterocycles. The van der Waals surface area contributed by atoms with Crippen molar-refractivity contribution in [2.75, 3.05) is 7.05 Å². The Hall–Kier alpha value is -2.45. The molecule has 0 radical (unpaired) electrons. The molecule has 1 aliphatic heterocycles. The van der Waals surface area contributed by atoms with Gasteiger partial charge in [0.2, 0.25) is 5.91 Å². The number of rotatable bonds is 2. The van der Waals surface area contributed by atoms with Gasteiger partial charge in [-0.3, -0.25) is 9.59 Å². The van der Waals surface area contributed by atoms with Crippen LogP contribution in [-0.4, -0.2) is 33.6 Å². The van der Waals surface area contributed by atoms with Gasteiger partial charge >= 0.3 is 0 Å². The molecule has 2 aromatic heterocycles. The molecule has 4 rings (SSSR count). The van der Waals surface area contributed by atoms with E-state index in [0.29, 0.717) is 21.1 Å². The average molecular weight is 370 g/mol. The molecule has 0 aliphatic carbocycles. The maximum Gasteiger partial charge on any atom is 0.284 e. The van der Waals surface area contributed by atoms with Gasteiger partial charge in [-0.1, -0.05) is 42.1 Å². The summed E-state index contributed by atoms with van der Waals surface area (Å²) in [4.78, 5) is 30.3. The second kappa shape index (κ2) is 6.12. The van der Waals surface area contributed by atoms with E-state index in [1.165, 1.54) is 27.8 Å². The maximum atomic E-state index is 13.0. The lowest BCUT2D eigenvalue weighted by atomic mass is 10.1. The molecule has 1 aromatic carbocycles. The van der Waals surface area contributed by atoms with E-state index in [4.69, 9.17) is 0 Å². The monoisotopic (exact) mass is 370 g/mol. The lowest BCUT2D eigenvalue weighted by molar-refractivity contribution is -0.119. The molecule has 1 atom stereocenters. The van der Waals surface area contributed by atoms with Crippen molar-refractivity contribution in [2.45, 2.75) is 17.3 Å². The van der Waals surface area contributed by atoms with Crippen LogP contribution in [0.4, 0.5) is 0 Å². The lowest BCUT2D eigenvalue weighted by Crippen LogP contribution is -2.38. The first-order chi connectivity index (χ1) is 12.1. The Bertz CT molecular complexity index is 1070. The van der Waals surface area contributed by atoms with Crippen LogP contribution < -0.4 is 10.9 Å². The quantitative estimate of drug-likeness (QED) is 0.704. The molecule has 0 saturated carbocycles. The summed E-state index contributed by atoms with van der Waals surface area (Å²) >= 11 is 2.67. The molecule has 8 heteroatoms. The third kappa shape index (κ3) is 2.58. The summed E-state index contributed by atoms with van der Waals surface area (Å²) in [5, 5.41) is 9.44. The third-order valence-electron chi connectivity index (χ3n) is 3.99. The number of thiophene rings is 1. The van der Waals surface area contributed by atoms with Crippen LogP contribution in [0.3, 0.4) is 0 Å². The Labute approximate surface area is 151 Å². The zero-order valence-corrected chi connectivity index (χ0v) is 15.1. The zero-order valence-electron chi connectivity index (χ0n) is 13.5. The predicted molar refractivity (Wildman–Crippen MR) is 102 cm³/mol. The Kier molecular flexibility index (Phi) is 3.93. The molecular formula is C17H14N4O2S2. The van der Waals surface area contributed by atoms with Crippen molar-refractivity contribution in [1.29, 1.82) is 0 Å². The molecule has 1 N–H and O–H groups in total. The summed E-state index contributed by atoms with van der Waals surface area (Å²) in [7, 11) is 1.58. The Morgan fingerprint density at radius 3 is 2.76 bits per heavy atom. The molecule has 0 bridgehead atoms. The van der Waals surface area contributed by atoms with E-state index in [2.05, 4.69) is 15.4 Å². The minimum absolute atomic E-state index is 0.150. The molecule has 0 spiro atoms. The van der Waals surface area contributed by atoms with Gasteiger partial charge in [-0.2, -0.15) is 9.78 Å². The first-order valence-electron chi connectivity index (χ1n) is 7.63. The van der Waals surface area contributed by atoms with Gasteiger partial charge in [0.15, 0.2) is 5.16 Å². The summed E-state index contributed by atoms with van der Waals surface area (Å²) < 4.78 is 1.31. The van der Waals surface area contributed by atoms with Gasteiger partial charge in [0.25, 0.3) is 5.56 Å².